The predicted molar refractivity (Wildman–Crippen MR) is 132 cm³/mol. The normalized spacial score (nSPS) is 25.1. The topological polar surface area (TPSA) is 98.6 Å². The number of aliphatic hydroxyl groups is 1. The van der Waals surface area contributed by atoms with E-state index in [9.17, 15) is 27.1 Å². The van der Waals surface area contributed by atoms with Crippen LogP contribution in [0.15, 0.2) is 46.3 Å². The number of alkyl halides is 2. The zero-order chi connectivity index (χ0) is 28.0. The van der Waals surface area contributed by atoms with E-state index in [0.717, 1.165) is 0 Å². The number of aliphatic hydroxyl groups excluding tert-OH is 1. The molecule has 1 saturated carbocycles. The van der Waals surface area contributed by atoms with Gasteiger partial charge in [-0.25, -0.2) is 17.2 Å². The number of aryl methyl sites for hydroxylation is 1. The van der Waals surface area contributed by atoms with Crippen molar-refractivity contribution in [1.82, 2.24) is 13.9 Å². The number of sulfonamides is 1. The van der Waals surface area contributed by atoms with E-state index < -0.39 is 40.0 Å². The van der Waals surface area contributed by atoms with E-state index in [1.165, 1.54) is 28.8 Å². The van der Waals surface area contributed by atoms with Gasteiger partial charge in [-0.05, 0) is 43.5 Å². The Morgan fingerprint density at radius 3 is 2.56 bits per heavy atom. The number of H-pyrrole nitrogens is 1. The molecule has 8 nitrogen and oxygen atoms in total. The van der Waals surface area contributed by atoms with E-state index in [4.69, 9.17) is 4.11 Å². The van der Waals surface area contributed by atoms with Crippen molar-refractivity contribution < 1.29 is 26.4 Å². The lowest BCUT2D eigenvalue weighted by Gasteiger charge is -2.35. The van der Waals surface area contributed by atoms with Crippen LogP contribution in [0.4, 0.5) is 14.5 Å². The van der Waals surface area contributed by atoms with Crippen molar-refractivity contribution >= 4 is 26.6 Å². The molecule has 0 radical (unpaired) electrons. The first-order chi connectivity index (χ1) is 18.2. The summed E-state index contributed by atoms with van der Waals surface area (Å²) in [4.78, 5) is 17.6. The van der Waals surface area contributed by atoms with Gasteiger partial charge in [0.25, 0.3) is 11.5 Å². The molecule has 0 bridgehead atoms. The van der Waals surface area contributed by atoms with Crippen LogP contribution in [0.25, 0.3) is 22.0 Å². The lowest BCUT2D eigenvalue weighted by Crippen LogP contribution is -2.37. The van der Waals surface area contributed by atoms with Gasteiger partial charge in [0.05, 0.1) is 11.0 Å². The number of fused-ring (bicyclic) bond motifs is 1. The van der Waals surface area contributed by atoms with Gasteiger partial charge in [0, 0.05) is 83.7 Å². The summed E-state index contributed by atoms with van der Waals surface area (Å²) in [6.07, 6.45) is 2.69. The highest BCUT2D eigenvalue weighted by Crippen LogP contribution is 2.66. The van der Waals surface area contributed by atoms with Gasteiger partial charge in [-0.3, -0.25) is 4.79 Å². The zero-order valence-electron chi connectivity index (χ0n) is 22.4. The summed E-state index contributed by atoms with van der Waals surface area (Å²) in [5.74, 6) is -2.67. The molecule has 2 N–H and O–H groups in total. The van der Waals surface area contributed by atoms with E-state index in [1.54, 1.807) is 12.1 Å². The first-order valence-electron chi connectivity index (χ1n) is 13.4. The molecule has 2 aliphatic heterocycles. The standard InChI is InChI=1S/C25H28F2N4O4S/c1-29-14-20(18-4-8-28-22(18)23(29)33)19-12-17(36(34,35)31-9-5-16(32)13-31)2-3-21(19)30-10-6-24(7-11-30)15-25(24,26)27/h2-4,8,12,14,16,28,32H,5-7,9-11,13,15H2,1H3/t16-/m1/s1/i1D3. The number of nitrogens with zero attached hydrogens (tertiary/aromatic N) is 3. The zero-order valence-corrected chi connectivity index (χ0v) is 20.2. The van der Waals surface area contributed by atoms with Gasteiger partial charge in [-0.2, -0.15) is 4.31 Å². The summed E-state index contributed by atoms with van der Waals surface area (Å²) in [5, 5.41) is 10.3. The molecule has 1 aliphatic carbocycles. The number of hydrogen-bond acceptors (Lipinski definition) is 5. The molecule has 192 valence electrons. The van der Waals surface area contributed by atoms with E-state index >= 15 is 0 Å². The second-order valence-electron chi connectivity index (χ2n) is 10.1. The van der Waals surface area contributed by atoms with Crippen LogP contribution in [0.5, 0.6) is 0 Å². The third kappa shape index (κ3) is 3.51. The summed E-state index contributed by atoms with van der Waals surface area (Å²) in [5.41, 5.74) is -0.421. The number of pyridine rings is 1. The maximum Gasteiger partial charge on any atom is 0.274 e. The number of β-amino-alcohol motifs (C(OH)–C–C–N with tert-alkyl or cyclic N) is 1. The molecule has 1 spiro atoms. The van der Waals surface area contributed by atoms with Crippen molar-refractivity contribution in [3.63, 3.8) is 0 Å². The number of piperidine rings is 1. The van der Waals surface area contributed by atoms with Gasteiger partial charge in [0.15, 0.2) is 0 Å². The highest BCUT2D eigenvalue weighted by atomic mass is 32.2. The molecule has 36 heavy (non-hydrogen) atoms. The van der Waals surface area contributed by atoms with E-state index in [0.29, 0.717) is 46.3 Å². The number of aromatic amines is 1. The van der Waals surface area contributed by atoms with Crippen molar-refractivity contribution in [3.8, 4) is 11.1 Å². The minimum atomic E-state index is -3.99. The molecule has 11 heteroatoms. The van der Waals surface area contributed by atoms with Crippen LogP contribution in [0, 0.1) is 5.41 Å². The highest BCUT2D eigenvalue weighted by Gasteiger charge is 2.70. The molecule has 3 fully saturated rings. The maximum absolute atomic E-state index is 14.0. The fraction of sp³-hybridized carbons (Fsp3) is 0.480. The molecule has 2 aromatic heterocycles. The lowest BCUT2D eigenvalue weighted by atomic mass is 9.91. The number of aromatic nitrogens is 2. The largest absolute Gasteiger partial charge is 0.392 e. The molecule has 2 saturated heterocycles. The van der Waals surface area contributed by atoms with Crippen LogP contribution < -0.4 is 10.5 Å². The maximum atomic E-state index is 14.0. The average Bonchev–Trinajstić information content (AvgIpc) is 3.30. The summed E-state index contributed by atoms with van der Waals surface area (Å²) in [7, 11) is -3.99. The van der Waals surface area contributed by atoms with Gasteiger partial charge in [-0.15, -0.1) is 0 Å². The van der Waals surface area contributed by atoms with Crippen molar-refractivity contribution in [2.24, 2.45) is 12.4 Å². The number of benzene rings is 1. The number of hydrogen-bond donors (Lipinski definition) is 2. The third-order valence-electron chi connectivity index (χ3n) is 8.02. The Hall–Kier alpha value is -2.76. The van der Waals surface area contributed by atoms with E-state index in [-0.39, 0.29) is 42.8 Å². The molecule has 1 atom stereocenters. The van der Waals surface area contributed by atoms with Gasteiger partial charge in [-0.1, -0.05) is 0 Å². The molecule has 0 unspecified atom stereocenters. The molecular weight excluding hydrogens is 490 g/mol. The molecular formula is C25H28F2N4O4S. The third-order valence-corrected chi connectivity index (χ3v) is 9.88. The fourth-order valence-electron chi connectivity index (χ4n) is 5.71. The Morgan fingerprint density at radius 2 is 1.92 bits per heavy atom. The monoisotopic (exact) mass is 521 g/mol. The van der Waals surface area contributed by atoms with Crippen molar-refractivity contribution in [1.29, 1.82) is 0 Å². The van der Waals surface area contributed by atoms with Gasteiger partial charge >= 0.3 is 0 Å². The van der Waals surface area contributed by atoms with Crippen LogP contribution >= 0.6 is 0 Å². The van der Waals surface area contributed by atoms with Crippen LogP contribution in [-0.2, 0) is 17.0 Å². The molecule has 3 aliphatic rings. The van der Waals surface area contributed by atoms with Gasteiger partial charge in [0.2, 0.25) is 10.0 Å². The minimum Gasteiger partial charge on any atom is -0.392 e. The Morgan fingerprint density at radius 1 is 1.17 bits per heavy atom. The van der Waals surface area contributed by atoms with Crippen molar-refractivity contribution in [3.05, 3.63) is 47.0 Å². The van der Waals surface area contributed by atoms with Crippen LogP contribution in [-0.4, -0.2) is 65.6 Å². The molecule has 6 rings (SSSR count). The Kier molecular flexibility index (Phi) is 4.44. The summed E-state index contributed by atoms with van der Waals surface area (Å²) in [6, 6.07) is 6.12. The smallest absolute Gasteiger partial charge is 0.274 e. The molecule has 1 aromatic carbocycles. The van der Waals surface area contributed by atoms with Crippen LogP contribution in [0.1, 0.15) is 29.8 Å². The first-order valence-corrected chi connectivity index (χ1v) is 13.4. The van der Waals surface area contributed by atoms with E-state index in [1.807, 2.05) is 4.90 Å². The number of anilines is 1. The Bertz CT molecular complexity index is 1630. The molecule has 0 amide bonds. The number of rotatable bonds is 4. The minimum absolute atomic E-state index is 0.0339. The van der Waals surface area contributed by atoms with Crippen molar-refractivity contribution in [2.45, 2.75) is 42.6 Å². The SMILES string of the molecule is [2H]C([2H])([2H])n1cc(-c2cc(S(=O)(=O)N3CC[C@@H](O)C3)ccc2N2CCC3(CC2)CC3(F)F)c2cc[nH]c2c1=O. The quantitative estimate of drug-likeness (QED) is 0.550. The van der Waals surface area contributed by atoms with Crippen LogP contribution in [0.2, 0.25) is 0 Å². The first kappa shape index (κ1) is 20.3. The predicted octanol–water partition coefficient (Wildman–Crippen LogP) is 2.91. The summed E-state index contributed by atoms with van der Waals surface area (Å²) in [6.45, 7) is -2.02. The second kappa shape index (κ2) is 7.87. The molecule has 3 aromatic rings. The average molecular weight is 522 g/mol. The van der Waals surface area contributed by atoms with Gasteiger partial charge in [0.1, 0.15) is 5.52 Å². The fourth-order valence-corrected chi connectivity index (χ4v) is 7.23. The summed E-state index contributed by atoms with van der Waals surface area (Å²) < 4.78 is 80.5. The Labute approximate surface area is 211 Å². The number of halogens is 2. The van der Waals surface area contributed by atoms with E-state index in [2.05, 4.69) is 4.98 Å². The molecule has 4 heterocycles. The van der Waals surface area contributed by atoms with Gasteiger partial charge < -0.3 is 19.6 Å². The second-order valence-corrected chi connectivity index (χ2v) is 12.1. The van der Waals surface area contributed by atoms with Crippen LogP contribution in [0.3, 0.4) is 0 Å². The Balaban J connectivity index is 1.51. The van der Waals surface area contributed by atoms with Crippen molar-refractivity contribution in [2.75, 3.05) is 31.1 Å². The number of nitrogens with one attached hydrogen (secondary N) is 1. The summed E-state index contributed by atoms with van der Waals surface area (Å²) >= 11 is 0. The lowest BCUT2D eigenvalue weighted by molar-refractivity contribution is 0.0537. The highest BCUT2D eigenvalue weighted by molar-refractivity contribution is 7.89.